The Balaban J connectivity index is 2.31. The van der Waals surface area contributed by atoms with Crippen molar-refractivity contribution in [2.24, 2.45) is 17.3 Å². The lowest BCUT2D eigenvalue weighted by Gasteiger charge is -2.23. The van der Waals surface area contributed by atoms with E-state index in [4.69, 9.17) is 0 Å². The van der Waals surface area contributed by atoms with Crippen LogP contribution in [0, 0.1) is 17.3 Å². The van der Waals surface area contributed by atoms with Crippen molar-refractivity contribution in [2.75, 3.05) is 0 Å². The number of fused-ring (bicyclic) bond motifs is 2. The Morgan fingerprint density at radius 3 is 1.55 bits per heavy atom. The summed E-state index contributed by atoms with van der Waals surface area (Å²) in [5, 5.41) is 19.1. The third-order valence-electron chi connectivity index (χ3n) is 3.87. The second-order valence-electron chi connectivity index (χ2n) is 4.59. The summed E-state index contributed by atoms with van der Waals surface area (Å²) in [4.78, 5) is 0. The summed E-state index contributed by atoms with van der Waals surface area (Å²) in [5.74, 6) is 0.671. The van der Waals surface area contributed by atoms with E-state index in [1.54, 1.807) is 0 Å². The van der Waals surface area contributed by atoms with E-state index in [2.05, 4.69) is 13.8 Å². The second kappa shape index (κ2) is 1.99. The van der Waals surface area contributed by atoms with Gasteiger partial charge in [-0.3, -0.25) is 0 Å². The van der Waals surface area contributed by atoms with Crippen molar-refractivity contribution in [1.29, 1.82) is 0 Å². The van der Waals surface area contributed by atoms with Gasteiger partial charge in [0, 0.05) is 0 Å². The van der Waals surface area contributed by atoms with Crippen LogP contribution in [0.1, 0.15) is 26.7 Å². The molecule has 64 valence electrons. The Labute approximate surface area is 67.2 Å². The molecule has 2 bridgehead atoms. The third kappa shape index (κ3) is 0.744. The minimum Gasteiger partial charge on any atom is -0.390 e. The van der Waals surface area contributed by atoms with E-state index in [9.17, 15) is 10.2 Å². The van der Waals surface area contributed by atoms with Crippen molar-refractivity contribution in [3.63, 3.8) is 0 Å². The Kier molecular flexibility index (Phi) is 1.37. The van der Waals surface area contributed by atoms with Crippen molar-refractivity contribution in [3.8, 4) is 0 Å². The van der Waals surface area contributed by atoms with Crippen LogP contribution in [0.2, 0.25) is 0 Å². The van der Waals surface area contributed by atoms with Crippen LogP contribution in [0.25, 0.3) is 0 Å². The molecule has 2 rings (SSSR count). The maximum absolute atomic E-state index is 9.57. The Hall–Kier alpha value is -0.0800. The summed E-state index contributed by atoms with van der Waals surface area (Å²) in [6.45, 7) is 4.32. The van der Waals surface area contributed by atoms with E-state index < -0.39 is 12.2 Å². The second-order valence-corrected chi connectivity index (χ2v) is 4.59. The summed E-state index contributed by atoms with van der Waals surface area (Å²) in [5.41, 5.74) is 0.166. The number of aliphatic hydroxyl groups is 2. The van der Waals surface area contributed by atoms with Crippen molar-refractivity contribution in [2.45, 2.75) is 38.9 Å². The molecule has 11 heavy (non-hydrogen) atoms. The minimum absolute atomic E-state index is 0.166. The van der Waals surface area contributed by atoms with Crippen molar-refractivity contribution in [3.05, 3.63) is 0 Å². The van der Waals surface area contributed by atoms with Crippen LogP contribution < -0.4 is 0 Å². The normalized spacial score (nSPS) is 53.5. The van der Waals surface area contributed by atoms with Crippen LogP contribution in [0.4, 0.5) is 0 Å². The zero-order valence-electron chi connectivity index (χ0n) is 7.12. The van der Waals surface area contributed by atoms with Gasteiger partial charge >= 0.3 is 0 Å². The molecule has 0 aromatic heterocycles. The predicted octanol–water partition coefficient (Wildman–Crippen LogP) is 0.774. The number of hydrogen-bond donors (Lipinski definition) is 2. The molecule has 2 N–H and O–H groups in total. The van der Waals surface area contributed by atoms with Gasteiger partial charge in [-0.15, -0.1) is 0 Å². The zero-order valence-corrected chi connectivity index (χ0v) is 7.12. The van der Waals surface area contributed by atoms with E-state index in [1.807, 2.05) is 0 Å². The van der Waals surface area contributed by atoms with E-state index in [1.165, 1.54) is 0 Å². The highest BCUT2D eigenvalue weighted by Crippen LogP contribution is 2.57. The zero-order chi connectivity index (χ0) is 8.22. The van der Waals surface area contributed by atoms with E-state index in [0.717, 1.165) is 12.8 Å². The molecule has 0 unspecified atom stereocenters. The molecule has 2 aliphatic carbocycles. The van der Waals surface area contributed by atoms with Gasteiger partial charge in [-0.2, -0.15) is 0 Å². The molecule has 0 aromatic rings. The van der Waals surface area contributed by atoms with E-state index in [-0.39, 0.29) is 5.41 Å². The monoisotopic (exact) mass is 156 g/mol. The molecule has 4 atom stereocenters. The molecule has 2 heteroatoms. The average molecular weight is 156 g/mol. The first-order valence-corrected chi connectivity index (χ1v) is 4.41. The standard InChI is InChI=1S/C9H16O2/c1-9(2)5-3-4-6(9)8(11)7(5)10/h5-8,10-11H,3-4H2,1-2H3/t5-,6-,7-,8-/m1/s1. The molecule has 0 heterocycles. The highest BCUT2D eigenvalue weighted by Gasteiger charge is 2.58. The summed E-state index contributed by atoms with van der Waals surface area (Å²) >= 11 is 0. The fourth-order valence-corrected chi connectivity index (χ4v) is 3.08. The first-order valence-electron chi connectivity index (χ1n) is 4.41. The highest BCUT2D eigenvalue weighted by atomic mass is 16.3. The van der Waals surface area contributed by atoms with Gasteiger partial charge in [-0.05, 0) is 30.1 Å². The molecule has 2 fully saturated rings. The number of rotatable bonds is 0. The smallest absolute Gasteiger partial charge is 0.0835 e. The number of hydrogen-bond acceptors (Lipinski definition) is 2. The molecular weight excluding hydrogens is 140 g/mol. The molecule has 0 spiro atoms. The van der Waals surface area contributed by atoms with Crippen LogP contribution in [0.3, 0.4) is 0 Å². The summed E-state index contributed by atoms with van der Waals surface area (Å²) in [7, 11) is 0. The Morgan fingerprint density at radius 1 is 1.00 bits per heavy atom. The fourth-order valence-electron chi connectivity index (χ4n) is 3.08. The molecular formula is C9H16O2. The van der Waals surface area contributed by atoms with Crippen LogP contribution in [-0.2, 0) is 0 Å². The lowest BCUT2D eigenvalue weighted by atomic mass is 9.82. The number of aliphatic hydroxyl groups excluding tert-OH is 2. The van der Waals surface area contributed by atoms with Gasteiger partial charge in [0.25, 0.3) is 0 Å². The Bertz CT molecular complexity index is 158. The van der Waals surface area contributed by atoms with Crippen LogP contribution in [0.15, 0.2) is 0 Å². The van der Waals surface area contributed by atoms with Gasteiger partial charge in [0.05, 0.1) is 12.2 Å². The van der Waals surface area contributed by atoms with Crippen molar-refractivity contribution < 1.29 is 10.2 Å². The van der Waals surface area contributed by atoms with Crippen LogP contribution in [-0.4, -0.2) is 22.4 Å². The molecule has 0 amide bonds. The first-order chi connectivity index (χ1) is 5.05. The summed E-state index contributed by atoms with van der Waals surface area (Å²) in [6.07, 6.45) is 1.28. The summed E-state index contributed by atoms with van der Waals surface area (Å²) < 4.78 is 0. The average Bonchev–Trinajstić information content (AvgIpc) is 2.27. The third-order valence-corrected chi connectivity index (χ3v) is 3.87. The van der Waals surface area contributed by atoms with Gasteiger partial charge in [0.1, 0.15) is 0 Å². The van der Waals surface area contributed by atoms with Crippen LogP contribution in [0.5, 0.6) is 0 Å². The first kappa shape index (κ1) is 7.56. The van der Waals surface area contributed by atoms with E-state index >= 15 is 0 Å². The SMILES string of the molecule is CC1(C)[C@@H]2CC[C@@H]1[C@@H](O)[C@@H]2O. The fraction of sp³-hybridized carbons (Fsp3) is 1.00. The largest absolute Gasteiger partial charge is 0.390 e. The van der Waals surface area contributed by atoms with Gasteiger partial charge < -0.3 is 10.2 Å². The highest BCUT2D eigenvalue weighted by molar-refractivity contribution is 5.07. The molecule has 0 aliphatic heterocycles. The van der Waals surface area contributed by atoms with E-state index in [0.29, 0.717) is 11.8 Å². The molecule has 0 aromatic carbocycles. The van der Waals surface area contributed by atoms with Crippen molar-refractivity contribution >= 4 is 0 Å². The predicted molar refractivity (Wildman–Crippen MR) is 42.0 cm³/mol. The minimum atomic E-state index is -0.455. The topological polar surface area (TPSA) is 40.5 Å². The summed E-state index contributed by atoms with van der Waals surface area (Å²) in [6, 6.07) is 0. The molecule has 2 nitrogen and oxygen atoms in total. The van der Waals surface area contributed by atoms with Gasteiger partial charge in [-0.1, -0.05) is 13.8 Å². The van der Waals surface area contributed by atoms with Gasteiger partial charge in [0.15, 0.2) is 0 Å². The quantitative estimate of drug-likeness (QED) is 0.544. The maximum atomic E-state index is 9.57. The molecule has 2 saturated carbocycles. The molecule has 0 radical (unpaired) electrons. The molecule has 0 saturated heterocycles. The lowest BCUT2D eigenvalue weighted by molar-refractivity contribution is -0.0160. The Morgan fingerprint density at radius 2 is 1.36 bits per heavy atom. The van der Waals surface area contributed by atoms with Crippen molar-refractivity contribution in [1.82, 2.24) is 0 Å². The maximum Gasteiger partial charge on any atom is 0.0835 e. The van der Waals surface area contributed by atoms with Gasteiger partial charge in [0.2, 0.25) is 0 Å². The van der Waals surface area contributed by atoms with Crippen LogP contribution >= 0.6 is 0 Å². The lowest BCUT2D eigenvalue weighted by Crippen LogP contribution is -2.31. The molecule has 2 aliphatic rings. The van der Waals surface area contributed by atoms with Gasteiger partial charge in [-0.25, -0.2) is 0 Å².